The van der Waals surface area contributed by atoms with Gasteiger partial charge in [0.25, 0.3) is 0 Å². The van der Waals surface area contributed by atoms with E-state index in [1.54, 1.807) is 25.4 Å². The first kappa shape index (κ1) is 19.8. The fraction of sp³-hybridized carbons (Fsp3) is 0.400. The highest BCUT2D eigenvalue weighted by atomic mass is 16.3. The summed E-state index contributed by atoms with van der Waals surface area (Å²) in [5.41, 5.74) is 2.93. The highest BCUT2D eigenvalue weighted by Gasteiger charge is 2.36. The number of phenols is 1. The molecule has 1 unspecified atom stereocenters. The third-order valence-corrected chi connectivity index (χ3v) is 7.11. The van der Waals surface area contributed by atoms with E-state index in [4.69, 9.17) is 0 Å². The van der Waals surface area contributed by atoms with Crippen LogP contribution >= 0.6 is 0 Å². The molecule has 1 N–H and O–H groups in total. The summed E-state index contributed by atoms with van der Waals surface area (Å²) >= 11 is 0. The van der Waals surface area contributed by atoms with Crippen LogP contribution < -0.4 is 10.5 Å². The highest BCUT2D eigenvalue weighted by molar-refractivity contribution is 5.74. The molecule has 0 aliphatic heterocycles. The van der Waals surface area contributed by atoms with E-state index >= 15 is 0 Å². The average molecular weight is 417 g/mol. The van der Waals surface area contributed by atoms with Crippen LogP contribution in [0.15, 0.2) is 53.5 Å². The van der Waals surface area contributed by atoms with Crippen LogP contribution in [-0.2, 0) is 7.05 Å². The predicted molar refractivity (Wildman–Crippen MR) is 122 cm³/mol. The first-order valence-electron chi connectivity index (χ1n) is 11.0. The lowest BCUT2D eigenvalue weighted by atomic mass is 9.85. The summed E-state index contributed by atoms with van der Waals surface area (Å²) in [4.78, 5) is 13.9. The number of aromatic hydroxyl groups is 1. The molecule has 160 valence electrons. The molecule has 3 aromatic rings. The minimum atomic E-state index is -0.0641. The van der Waals surface area contributed by atoms with Gasteiger partial charge in [0.1, 0.15) is 5.75 Å². The molecule has 2 saturated carbocycles. The van der Waals surface area contributed by atoms with Crippen molar-refractivity contribution in [3.8, 4) is 28.1 Å². The smallest absolute Gasteiger partial charge is 0.250 e. The van der Waals surface area contributed by atoms with E-state index in [2.05, 4.69) is 22.1 Å². The Kier molecular flexibility index (Phi) is 5.00. The van der Waals surface area contributed by atoms with Crippen molar-refractivity contribution in [2.45, 2.75) is 38.1 Å². The third-order valence-electron chi connectivity index (χ3n) is 7.11. The molecule has 2 aromatic heterocycles. The first-order valence-corrected chi connectivity index (χ1v) is 11.0. The topological polar surface area (TPSA) is 71.2 Å². The van der Waals surface area contributed by atoms with Crippen molar-refractivity contribution >= 4 is 5.82 Å². The van der Waals surface area contributed by atoms with Gasteiger partial charge in [-0.05, 0) is 72.6 Å². The Bertz CT molecular complexity index is 1140. The molecule has 2 aliphatic carbocycles. The monoisotopic (exact) mass is 416 g/mol. The van der Waals surface area contributed by atoms with E-state index in [1.807, 2.05) is 24.3 Å². The van der Waals surface area contributed by atoms with Gasteiger partial charge in [-0.3, -0.25) is 4.79 Å². The van der Waals surface area contributed by atoms with E-state index in [9.17, 15) is 9.90 Å². The van der Waals surface area contributed by atoms with E-state index in [-0.39, 0.29) is 11.3 Å². The Balaban J connectivity index is 1.35. The van der Waals surface area contributed by atoms with Crippen molar-refractivity contribution in [3.63, 3.8) is 0 Å². The Morgan fingerprint density at radius 3 is 2.35 bits per heavy atom. The van der Waals surface area contributed by atoms with Crippen LogP contribution in [0.25, 0.3) is 22.4 Å². The third kappa shape index (κ3) is 3.82. The first-order chi connectivity index (χ1) is 15.0. The zero-order chi connectivity index (χ0) is 21.5. The molecular formula is C25H28N4O2. The molecule has 5 rings (SSSR count). The minimum Gasteiger partial charge on any atom is -0.507 e. The SMILES string of the molecule is CN(c1ccc(-c2ccc(-c3ccc(=O)n(C)c3)cc2O)nn1)C1C[C@H]2CC[C@@H](C1)C2. The fourth-order valence-electron chi connectivity index (χ4n) is 5.33. The zero-order valence-corrected chi connectivity index (χ0v) is 18.0. The van der Waals surface area contributed by atoms with Gasteiger partial charge < -0.3 is 14.6 Å². The summed E-state index contributed by atoms with van der Waals surface area (Å²) in [5, 5.41) is 19.5. The molecule has 3 atom stereocenters. The van der Waals surface area contributed by atoms with E-state index in [0.29, 0.717) is 17.3 Å². The molecule has 2 aliphatic rings. The molecule has 0 amide bonds. The van der Waals surface area contributed by atoms with Crippen molar-refractivity contribution in [1.29, 1.82) is 0 Å². The molecule has 1 aromatic carbocycles. The number of benzene rings is 1. The Hall–Kier alpha value is -3.15. The van der Waals surface area contributed by atoms with Gasteiger partial charge in [-0.2, -0.15) is 0 Å². The summed E-state index contributed by atoms with van der Waals surface area (Å²) in [6.07, 6.45) is 8.44. The number of rotatable bonds is 4. The van der Waals surface area contributed by atoms with E-state index in [1.165, 1.54) is 42.7 Å². The number of pyridine rings is 1. The molecular weight excluding hydrogens is 388 g/mol. The quantitative estimate of drug-likeness (QED) is 0.689. The van der Waals surface area contributed by atoms with Crippen molar-refractivity contribution in [2.75, 3.05) is 11.9 Å². The van der Waals surface area contributed by atoms with Gasteiger partial charge in [0.2, 0.25) is 5.56 Å². The van der Waals surface area contributed by atoms with Crippen LogP contribution in [0.1, 0.15) is 32.1 Å². The van der Waals surface area contributed by atoms with Crippen molar-refractivity contribution in [1.82, 2.24) is 14.8 Å². The number of aryl methyl sites for hydroxylation is 1. The molecule has 6 nitrogen and oxygen atoms in total. The summed E-state index contributed by atoms with van der Waals surface area (Å²) in [6, 6.07) is 13.2. The van der Waals surface area contributed by atoms with Crippen LogP contribution in [0.3, 0.4) is 0 Å². The summed E-state index contributed by atoms with van der Waals surface area (Å²) in [6.45, 7) is 0. The van der Waals surface area contributed by atoms with Gasteiger partial charge in [0.05, 0.1) is 5.69 Å². The highest BCUT2D eigenvalue weighted by Crippen LogP contribution is 2.43. The summed E-state index contributed by atoms with van der Waals surface area (Å²) in [7, 11) is 3.84. The molecule has 0 radical (unpaired) electrons. The minimum absolute atomic E-state index is 0.0641. The second-order valence-electron chi connectivity index (χ2n) is 9.16. The molecule has 2 fully saturated rings. The van der Waals surface area contributed by atoms with Crippen molar-refractivity contribution < 1.29 is 5.11 Å². The number of hydrogen-bond acceptors (Lipinski definition) is 5. The van der Waals surface area contributed by atoms with Crippen molar-refractivity contribution in [2.24, 2.45) is 18.9 Å². The van der Waals surface area contributed by atoms with Crippen molar-refractivity contribution in [3.05, 3.63) is 59.0 Å². The molecule has 0 spiro atoms. The number of fused-ring (bicyclic) bond motifs is 2. The Morgan fingerprint density at radius 2 is 1.71 bits per heavy atom. The standard InChI is InChI=1S/C25H28N4O2/c1-28-15-19(6-10-25(28)31)18-5-7-21(23(30)14-18)22-8-9-24(27-26-22)29(2)20-12-16-3-4-17(11-16)13-20/h5-10,14-17,20,30H,3-4,11-13H2,1-2H3/t16-,17+,20?. The molecule has 31 heavy (non-hydrogen) atoms. The van der Waals surface area contributed by atoms with E-state index < -0.39 is 0 Å². The van der Waals surface area contributed by atoms with Gasteiger partial charge in [-0.15, -0.1) is 10.2 Å². The Labute approximate surface area is 182 Å². The van der Waals surface area contributed by atoms with Crippen LogP contribution in [0.4, 0.5) is 5.82 Å². The second kappa shape index (κ2) is 7.84. The second-order valence-corrected chi connectivity index (χ2v) is 9.16. The maximum atomic E-state index is 11.6. The molecule has 0 saturated heterocycles. The number of anilines is 1. The molecule has 6 heteroatoms. The van der Waals surface area contributed by atoms with Crippen LogP contribution in [0.5, 0.6) is 5.75 Å². The lowest BCUT2D eigenvalue weighted by Crippen LogP contribution is -2.37. The number of phenolic OH excluding ortho intramolecular Hbond substituents is 1. The zero-order valence-electron chi connectivity index (χ0n) is 18.0. The van der Waals surface area contributed by atoms with Gasteiger partial charge in [-0.25, -0.2) is 0 Å². The average Bonchev–Trinajstić information content (AvgIpc) is 3.12. The number of aromatic nitrogens is 3. The molecule has 2 heterocycles. The number of nitrogens with zero attached hydrogens (tertiary/aromatic N) is 4. The lowest BCUT2D eigenvalue weighted by molar-refractivity contribution is 0.312. The van der Waals surface area contributed by atoms with Crippen LogP contribution in [0, 0.1) is 11.8 Å². The number of hydrogen-bond donors (Lipinski definition) is 1. The van der Waals surface area contributed by atoms with E-state index in [0.717, 1.165) is 28.8 Å². The lowest BCUT2D eigenvalue weighted by Gasteiger charge is -2.35. The predicted octanol–water partition coefficient (Wildman–Crippen LogP) is 4.23. The normalized spacial score (nSPS) is 22.5. The van der Waals surface area contributed by atoms with Gasteiger partial charge in [0.15, 0.2) is 5.82 Å². The van der Waals surface area contributed by atoms with Crippen LogP contribution in [0.2, 0.25) is 0 Å². The Morgan fingerprint density at radius 1 is 0.968 bits per heavy atom. The molecule has 2 bridgehead atoms. The summed E-state index contributed by atoms with van der Waals surface area (Å²) < 4.78 is 1.53. The van der Waals surface area contributed by atoms with Gasteiger partial charge in [0, 0.05) is 38.0 Å². The largest absolute Gasteiger partial charge is 0.507 e. The maximum Gasteiger partial charge on any atom is 0.250 e. The fourth-order valence-corrected chi connectivity index (χ4v) is 5.33. The van der Waals surface area contributed by atoms with Gasteiger partial charge >= 0.3 is 0 Å². The van der Waals surface area contributed by atoms with Crippen LogP contribution in [-0.4, -0.2) is 33.0 Å². The maximum absolute atomic E-state index is 11.6. The van der Waals surface area contributed by atoms with Gasteiger partial charge in [-0.1, -0.05) is 18.9 Å². The summed E-state index contributed by atoms with van der Waals surface area (Å²) in [5.74, 6) is 2.78.